The van der Waals surface area contributed by atoms with E-state index in [-0.39, 0.29) is 0 Å². The fourth-order valence-electron chi connectivity index (χ4n) is 2.03. The Hall–Kier alpha value is -1.78. The Labute approximate surface area is 128 Å². The van der Waals surface area contributed by atoms with Gasteiger partial charge in [-0.25, -0.2) is 20.5 Å². The molecular formula is C11H12N8S2. The predicted molar refractivity (Wildman–Crippen MR) is 80.9 cm³/mol. The van der Waals surface area contributed by atoms with Gasteiger partial charge in [0.15, 0.2) is 5.82 Å². The van der Waals surface area contributed by atoms with Crippen LogP contribution in [0.5, 0.6) is 0 Å². The van der Waals surface area contributed by atoms with Gasteiger partial charge in [-0.05, 0) is 34.7 Å². The van der Waals surface area contributed by atoms with Gasteiger partial charge in [0.05, 0.1) is 17.2 Å². The van der Waals surface area contributed by atoms with Crippen molar-refractivity contribution in [3.63, 3.8) is 0 Å². The summed E-state index contributed by atoms with van der Waals surface area (Å²) in [5.74, 6) is 7.50. The summed E-state index contributed by atoms with van der Waals surface area (Å²) in [5, 5.41) is 15.6. The number of nitrogens with one attached hydrogen (secondary N) is 1. The van der Waals surface area contributed by atoms with Crippen molar-refractivity contribution >= 4 is 39.1 Å². The Kier molecular flexibility index (Phi) is 3.20. The number of hydrogen-bond donors (Lipinski definition) is 2. The second-order valence-corrected chi connectivity index (χ2v) is 6.54. The molecule has 1 fully saturated rings. The number of hydrazine groups is 1. The summed E-state index contributed by atoms with van der Waals surface area (Å²) in [6.07, 6.45) is 2.30. The van der Waals surface area contributed by atoms with E-state index in [1.807, 2.05) is 16.1 Å². The average molecular weight is 320 g/mol. The van der Waals surface area contributed by atoms with Crippen LogP contribution in [0, 0.1) is 0 Å². The molecule has 0 bridgehead atoms. The van der Waals surface area contributed by atoms with Crippen LogP contribution in [0.4, 0.5) is 5.82 Å². The summed E-state index contributed by atoms with van der Waals surface area (Å²) >= 11 is 3.11. The molecule has 8 nitrogen and oxygen atoms in total. The largest absolute Gasteiger partial charge is 0.308 e. The third-order valence-electron chi connectivity index (χ3n) is 3.19. The van der Waals surface area contributed by atoms with E-state index in [0.29, 0.717) is 23.4 Å². The fourth-order valence-corrected chi connectivity index (χ4v) is 3.61. The number of aromatic nitrogens is 6. The molecule has 3 aromatic heterocycles. The number of nitrogens with two attached hydrogens (primary N) is 1. The number of thioether (sulfide) groups is 1. The van der Waals surface area contributed by atoms with Gasteiger partial charge in [0.1, 0.15) is 10.7 Å². The van der Waals surface area contributed by atoms with Crippen LogP contribution in [-0.4, -0.2) is 30.2 Å². The van der Waals surface area contributed by atoms with Gasteiger partial charge in [0, 0.05) is 0 Å². The van der Waals surface area contributed by atoms with Crippen LogP contribution in [0.15, 0.2) is 16.6 Å². The number of anilines is 1. The van der Waals surface area contributed by atoms with Crippen LogP contribution in [0.3, 0.4) is 0 Å². The molecule has 10 heteroatoms. The molecule has 3 heterocycles. The quantitative estimate of drug-likeness (QED) is 0.414. The van der Waals surface area contributed by atoms with Crippen molar-refractivity contribution < 1.29 is 0 Å². The normalized spacial score (nSPS) is 14.7. The minimum Gasteiger partial charge on any atom is -0.308 e. The highest BCUT2D eigenvalue weighted by atomic mass is 32.2. The van der Waals surface area contributed by atoms with Gasteiger partial charge in [-0.15, -0.1) is 16.4 Å². The van der Waals surface area contributed by atoms with Gasteiger partial charge in [-0.1, -0.05) is 11.8 Å². The van der Waals surface area contributed by atoms with Crippen molar-refractivity contribution in [1.29, 1.82) is 0 Å². The second-order valence-electron chi connectivity index (χ2n) is 4.70. The van der Waals surface area contributed by atoms with Gasteiger partial charge in [0.25, 0.3) is 0 Å². The zero-order valence-electron chi connectivity index (χ0n) is 10.9. The van der Waals surface area contributed by atoms with E-state index in [1.165, 1.54) is 0 Å². The first-order valence-electron chi connectivity index (χ1n) is 6.46. The van der Waals surface area contributed by atoms with Crippen LogP contribution in [0.1, 0.15) is 24.7 Å². The molecule has 108 valence electrons. The molecule has 21 heavy (non-hydrogen) atoms. The fraction of sp³-hybridized carbons (Fsp3) is 0.364. The smallest absolute Gasteiger partial charge is 0.210 e. The molecule has 0 spiro atoms. The van der Waals surface area contributed by atoms with Gasteiger partial charge < -0.3 is 5.43 Å². The maximum absolute atomic E-state index is 5.53. The lowest BCUT2D eigenvalue weighted by Crippen LogP contribution is -2.10. The molecule has 1 aliphatic rings. The van der Waals surface area contributed by atoms with Crippen LogP contribution < -0.4 is 11.3 Å². The first kappa shape index (κ1) is 12.9. The maximum Gasteiger partial charge on any atom is 0.210 e. The first-order chi connectivity index (χ1) is 10.3. The van der Waals surface area contributed by atoms with E-state index < -0.39 is 0 Å². The number of tetrazole rings is 1. The molecule has 1 saturated carbocycles. The lowest BCUT2D eigenvalue weighted by molar-refractivity contribution is 0.565. The summed E-state index contributed by atoms with van der Waals surface area (Å²) in [5.41, 5.74) is 2.63. The first-order valence-corrected chi connectivity index (χ1v) is 8.33. The summed E-state index contributed by atoms with van der Waals surface area (Å²) in [6, 6.07) is 2.42. The van der Waals surface area contributed by atoms with Crippen molar-refractivity contribution in [2.75, 3.05) is 5.43 Å². The molecular weight excluding hydrogens is 308 g/mol. The van der Waals surface area contributed by atoms with Crippen molar-refractivity contribution in [2.24, 2.45) is 5.84 Å². The molecule has 0 unspecified atom stereocenters. The molecule has 0 saturated heterocycles. The second kappa shape index (κ2) is 5.20. The van der Waals surface area contributed by atoms with Crippen molar-refractivity contribution in [3.8, 4) is 0 Å². The summed E-state index contributed by atoms with van der Waals surface area (Å²) in [4.78, 5) is 9.91. The highest BCUT2D eigenvalue weighted by molar-refractivity contribution is 7.98. The molecule has 3 N–H and O–H groups in total. The molecule has 0 aromatic carbocycles. The van der Waals surface area contributed by atoms with Gasteiger partial charge in [-0.2, -0.15) is 0 Å². The van der Waals surface area contributed by atoms with Crippen molar-refractivity contribution in [2.45, 2.75) is 29.8 Å². The highest BCUT2D eigenvalue weighted by Crippen LogP contribution is 2.37. The summed E-state index contributed by atoms with van der Waals surface area (Å²) in [6.45, 7) is 0. The number of nitrogens with zero attached hydrogens (tertiary/aromatic N) is 6. The third kappa shape index (κ3) is 2.45. The highest BCUT2D eigenvalue weighted by Gasteiger charge is 2.28. The SMILES string of the molecule is NNc1nc(CSc2nnnn2C2CC2)nc2sccc12. The van der Waals surface area contributed by atoms with Crippen LogP contribution in [0.25, 0.3) is 10.2 Å². The number of thiophene rings is 1. The molecule has 3 aromatic rings. The Bertz CT molecular complexity index is 777. The minimum atomic E-state index is 0.462. The van der Waals surface area contributed by atoms with Crippen LogP contribution in [-0.2, 0) is 5.75 Å². The predicted octanol–water partition coefficient (Wildman–Crippen LogP) is 1.59. The van der Waals surface area contributed by atoms with Crippen molar-refractivity contribution in [1.82, 2.24) is 30.2 Å². The Morgan fingerprint density at radius 1 is 1.43 bits per heavy atom. The number of hydrogen-bond acceptors (Lipinski definition) is 9. The molecule has 0 amide bonds. The standard InChI is InChI=1S/C11H12N8S2/c12-15-9-7-3-4-20-10(7)14-8(13-9)5-21-11-16-17-18-19(11)6-1-2-6/h3-4,6H,1-2,5,12H2,(H,13,14,15). The van der Waals surface area contributed by atoms with E-state index in [1.54, 1.807) is 23.1 Å². The lowest BCUT2D eigenvalue weighted by atomic mass is 10.4. The van der Waals surface area contributed by atoms with Crippen LogP contribution in [0.2, 0.25) is 0 Å². The minimum absolute atomic E-state index is 0.462. The van der Waals surface area contributed by atoms with Gasteiger partial charge in [-0.3, -0.25) is 0 Å². The summed E-state index contributed by atoms with van der Waals surface area (Å²) < 4.78 is 1.89. The Morgan fingerprint density at radius 3 is 3.14 bits per heavy atom. The van der Waals surface area contributed by atoms with Crippen molar-refractivity contribution in [3.05, 3.63) is 17.3 Å². The topological polar surface area (TPSA) is 107 Å². The molecule has 1 aliphatic carbocycles. The molecule has 0 aliphatic heterocycles. The molecule has 0 radical (unpaired) electrons. The van der Waals surface area contributed by atoms with E-state index in [9.17, 15) is 0 Å². The van der Waals surface area contributed by atoms with E-state index in [2.05, 4.69) is 30.9 Å². The lowest BCUT2D eigenvalue weighted by Gasteiger charge is -2.05. The van der Waals surface area contributed by atoms with Gasteiger partial charge >= 0.3 is 0 Å². The number of rotatable bonds is 5. The van der Waals surface area contributed by atoms with E-state index in [0.717, 1.165) is 28.2 Å². The summed E-state index contributed by atoms with van der Waals surface area (Å²) in [7, 11) is 0. The average Bonchev–Trinajstić information content (AvgIpc) is 3.06. The monoisotopic (exact) mass is 320 g/mol. The van der Waals surface area contributed by atoms with E-state index >= 15 is 0 Å². The zero-order valence-corrected chi connectivity index (χ0v) is 12.6. The van der Waals surface area contributed by atoms with Gasteiger partial charge in [0.2, 0.25) is 5.16 Å². The molecule has 0 atom stereocenters. The third-order valence-corrected chi connectivity index (χ3v) is 4.93. The maximum atomic E-state index is 5.53. The Balaban J connectivity index is 1.57. The zero-order chi connectivity index (χ0) is 14.2. The number of nitrogen functional groups attached to an aromatic ring is 1. The number of fused-ring (bicyclic) bond motifs is 1. The Morgan fingerprint density at radius 2 is 2.33 bits per heavy atom. The molecule has 4 rings (SSSR count). The van der Waals surface area contributed by atoms with E-state index in [4.69, 9.17) is 5.84 Å². The van der Waals surface area contributed by atoms with Crippen LogP contribution >= 0.6 is 23.1 Å².